The number of rotatable bonds is 11. The fourth-order valence-corrected chi connectivity index (χ4v) is 4.40. The molecule has 2 amide bonds. The molecule has 7 nitrogen and oxygen atoms in total. The summed E-state index contributed by atoms with van der Waals surface area (Å²) in [5.74, 6) is -0.767. The summed E-state index contributed by atoms with van der Waals surface area (Å²) >= 11 is 0. The molecule has 184 valence electrons. The first-order chi connectivity index (χ1) is 16.5. The number of methoxy groups -OCH3 is 1. The summed E-state index contributed by atoms with van der Waals surface area (Å²) in [5, 5.41) is 16.9. The first-order valence-corrected chi connectivity index (χ1v) is 12.0. The van der Waals surface area contributed by atoms with Gasteiger partial charge in [-0.05, 0) is 24.5 Å². The number of carbonyl (C=O) groups excluding carboxylic acids is 2. The standard InChI is InChI=1S/C27H36N2O5/c1-19(26(31)27(32)28-21-13-7-4-8-14-21)25(29-24(30)18-33-2)22-15-9-10-16-23(22)34-17-20-11-5-3-6-12-20/h3,5-6,9-12,15-16,19,21,25-26,31H,4,7-8,13-14,17-18H2,1-2H3,(H,28,32)(H,29,30)/t19-,25-,26+/m0/s1. The van der Waals surface area contributed by atoms with Crippen molar-refractivity contribution < 1.29 is 24.2 Å². The van der Waals surface area contributed by atoms with Crippen molar-refractivity contribution in [1.29, 1.82) is 0 Å². The molecule has 0 saturated heterocycles. The summed E-state index contributed by atoms with van der Waals surface area (Å²) in [5.41, 5.74) is 1.71. The van der Waals surface area contributed by atoms with Crippen molar-refractivity contribution in [2.45, 2.75) is 63.8 Å². The zero-order valence-electron chi connectivity index (χ0n) is 20.0. The Kier molecular flexibility index (Phi) is 9.91. The van der Waals surface area contributed by atoms with Gasteiger partial charge in [0.15, 0.2) is 0 Å². The molecule has 0 bridgehead atoms. The average Bonchev–Trinajstić information content (AvgIpc) is 2.87. The molecule has 2 aromatic rings. The molecule has 1 aliphatic rings. The molecule has 0 spiro atoms. The van der Waals surface area contributed by atoms with Crippen LogP contribution < -0.4 is 15.4 Å². The highest BCUT2D eigenvalue weighted by Gasteiger charge is 2.34. The summed E-state index contributed by atoms with van der Waals surface area (Å²) < 4.78 is 11.1. The maximum absolute atomic E-state index is 12.9. The largest absolute Gasteiger partial charge is 0.489 e. The van der Waals surface area contributed by atoms with Gasteiger partial charge < -0.3 is 25.2 Å². The van der Waals surface area contributed by atoms with Gasteiger partial charge in [0.1, 0.15) is 25.1 Å². The van der Waals surface area contributed by atoms with E-state index in [-0.39, 0.29) is 18.6 Å². The Labute approximate surface area is 201 Å². The number of carbonyl (C=O) groups is 2. The Morgan fingerprint density at radius 3 is 2.41 bits per heavy atom. The normalized spacial score (nSPS) is 16.8. The molecule has 3 N–H and O–H groups in total. The van der Waals surface area contributed by atoms with Crippen LogP contribution in [0.4, 0.5) is 0 Å². The van der Waals surface area contributed by atoms with Crippen molar-refractivity contribution in [2.75, 3.05) is 13.7 Å². The van der Waals surface area contributed by atoms with Crippen LogP contribution in [0.15, 0.2) is 54.6 Å². The predicted molar refractivity (Wildman–Crippen MR) is 130 cm³/mol. The van der Waals surface area contributed by atoms with Crippen LogP contribution in [0, 0.1) is 5.92 Å². The van der Waals surface area contributed by atoms with E-state index in [2.05, 4.69) is 10.6 Å². The Bertz CT molecular complexity index is 914. The second-order valence-electron chi connectivity index (χ2n) is 8.94. The number of amides is 2. The van der Waals surface area contributed by atoms with E-state index in [0.29, 0.717) is 17.9 Å². The van der Waals surface area contributed by atoms with Crippen LogP contribution in [0.25, 0.3) is 0 Å². The van der Waals surface area contributed by atoms with Crippen molar-refractivity contribution in [3.05, 3.63) is 65.7 Å². The number of benzene rings is 2. The summed E-state index contributed by atoms with van der Waals surface area (Å²) in [4.78, 5) is 25.3. The van der Waals surface area contributed by atoms with E-state index in [1.54, 1.807) is 6.92 Å². The van der Waals surface area contributed by atoms with Gasteiger partial charge in [-0.2, -0.15) is 0 Å². The van der Waals surface area contributed by atoms with Crippen molar-refractivity contribution in [3.8, 4) is 5.75 Å². The predicted octanol–water partition coefficient (Wildman–Crippen LogP) is 3.52. The van der Waals surface area contributed by atoms with Crippen molar-refractivity contribution in [2.24, 2.45) is 5.92 Å². The Morgan fingerprint density at radius 1 is 1.03 bits per heavy atom. The minimum atomic E-state index is -1.29. The second-order valence-corrected chi connectivity index (χ2v) is 8.94. The molecule has 1 fully saturated rings. The van der Waals surface area contributed by atoms with Crippen molar-refractivity contribution in [3.63, 3.8) is 0 Å². The van der Waals surface area contributed by atoms with Crippen LogP contribution in [0.1, 0.15) is 56.2 Å². The van der Waals surface area contributed by atoms with E-state index in [0.717, 1.165) is 31.2 Å². The third kappa shape index (κ3) is 7.30. The van der Waals surface area contributed by atoms with E-state index >= 15 is 0 Å². The molecule has 0 aromatic heterocycles. The number of aliphatic hydroxyl groups is 1. The summed E-state index contributed by atoms with van der Waals surface area (Å²) in [6.45, 7) is 1.99. The fraction of sp³-hybridized carbons (Fsp3) is 0.481. The molecule has 7 heteroatoms. The summed E-state index contributed by atoms with van der Waals surface area (Å²) in [6.07, 6.45) is 3.90. The molecule has 1 aliphatic carbocycles. The van der Waals surface area contributed by atoms with Gasteiger partial charge in [-0.3, -0.25) is 9.59 Å². The van der Waals surface area contributed by atoms with Crippen molar-refractivity contribution in [1.82, 2.24) is 10.6 Å². The SMILES string of the molecule is COCC(=O)N[C@H](c1ccccc1OCc1ccccc1)[C@H](C)[C@@H](O)C(=O)NC1CCCCC1. The van der Waals surface area contributed by atoms with Gasteiger partial charge in [-0.25, -0.2) is 0 Å². The zero-order valence-corrected chi connectivity index (χ0v) is 20.0. The van der Waals surface area contributed by atoms with E-state index in [1.165, 1.54) is 13.5 Å². The lowest BCUT2D eigenvalue weighted by molar-refractivity contribution is -0.135. The van der Waals surface area contributed by atoms with Gasteiger partial charge in [-0.1, -0.05) is 74.7 Å². The fourth-order valence-electron chi connectivity index (χ4n) is 4.40. The summed E-state index contributed by atoms with van der Waals surface area (Å²) in [6, 6.07) is 16.6. The molecule has 0 heterocycles. The lowest BCUT2D eigenvalue weighted by atomic mass is 9.88. The molecule has 0 radical (unpaired) electrons. The molecular weight excluding hydrogens is 432 g/mol. The molecule has 0 unspecified atom stereocenters. The number of para-hydroxylation sites is 1. The minimum Gasteiger partial charge on any atom is -0.489 e. The maximum atomic E-state index is 12.9. The van der Waals surface area contributed by atoms with Crippen molar-refractivity contribution >= 4 is 11.8 Å². The van der Waals surface area contributed by atoms with Crippen LogP contribution in [0.2, 0.25) is 0 Å². The highest BCUT2D eigenvalue weighted by Crippen LogP contribution is 2.33. The van der Waals surface area contributed by atoms with E-state index < -0.39 is 24.0 Å². The average molecular weight is 469 g/mol. The lowest BCUT2D eigenvalue weighted by Crippen LogP contribution is -2.48. The third-order valence-corrected chi connectivity index (χ3v) is 6.33. The highest BCUT2D eigenvalue weighted by atomic mass is 16.5. The van der Waals surface area contributed by atoms with Crippen LogP contribution in [-0.4, -0.2) is 42.8 Å². The van der Waals surface area contributed by atoms with Crippen LogP contribution >= 0.6 is 0 Å². The number of ether oxygens (including phenoxy) is 2. The maximum Gasteiger partial charge on any atom is 0.249 e. The molecular formula is C27H36N2O5. The van der Waals surface area contributed by atoms with Gasteiger partial charge in [0.05, 0.1) is 6.04 Å². The van der Waals surface area contributed by atoms with Crippen LogP contribution in [0.5, 0.6) is 5.75 Å². The van der Waals surface area contributed by atoms with Gasteiger partial charge in [0, 0.05) is 24.6 Å². The molecule has 0 aliphatic heterocycles. The topological polar surface area (TPSA) is 96.9 Å². The smallest absolute Gasteiger partial charge is 0.249 e. The number of nitrogens with one attached hydrogen (secondary N) is 2. The molecule has 3 atom stereocenters. The number of aliphatic hydroxyl groups excluding tert-OH is 1. The van der Waals surface area contributed by atoms with E-state index in [4.69, 9.17) is 9.47 Å². The molecule has 1 saturated carbocycles. The Hall–Kier alpha value is -2.90. The van der Waals surface area contributed by atoms with E-state index in [1.807, 2.05) is 54.6 Å². The van der Waals surface area contributed by atoms with Crippen LogP contribution in [-0.2, 0) is 20.9 Å². The van der Waals surface area contributed by atoms with Gasteiger partial charge in [0.2, 0.25) is 11.8 Å². The first-order valence-electron chi connectivity index (χ1n) is 12.0. The minimum absolute atomic E-state index is 0.0890. The molecule has 2 aromatic carbocycles. The summed E-state index contributed by atoms with van der Waals surface area (Å²) in [7, 11) is 1.45. The monoisotopic (exact) mass is 468 g/mol. The third-order valence-electron chi connectivity index (χ3n) is 6.33. The number of hydrogen-bond acceptors (Lipinski definition) is 5. The highest BCUT2D eigenvalue weighted by molar-refractivity contribution is 5.82. The van der Waals surface area contributed by atoms with Gasteiger partial charge in [0.25, 0.3) is 0 Å². The first kappa shape index (κ1) is 25.7. The second kappa shape index (κ2) is 13.1. The molecule has 34 heavy (non-hydrogen) atoms. The molecule has 3 rings (SSSR count). The number of hydrogen-bond donors (Lipinski definition) is 3. The lowest BCUT2D eigenvalue weighted by Gasteiger charge is -2.31. The van der Waals surface area contributed by atoms with E-state index in [9.17, 15) is 14.7 Å². The quantitative estimate of drug-likeness (QED) is 0.469. The van der Waals surface area contributed by atoms with Gasteiger partial charge >= 0.3 is 0 Å². The van der Waals surface area contributed by atoms with Crippen LogP contribution in [0.3, 0.4) is 0 Å². The zero-order chi connectivity index (χ0) is 24.3. The van der Waals surface area contributed by atoms with Gasteiger partial charge in [-0.15, -0.1) is 0 Å². The Balaban J connectivity index is 1.79. The Morgan fingerprint density at radius 2 is 1.71 bits per heavy atom.